The zero-order chi connectivity index (χ0) is 26.2. The van der Waals surface area contributed by atoms with E-state index >= 15 is 0 Å². The second kappa shape index (κ2) is 12.9. The van der Waals surface area contributed by atoms with Crippen molar-refractivity contribution in [3.8, 4) is 11.1 Å². The molecule has 8 nitrogen and oxygen atoms in total. The van der Waals surface area contributed by atoms with Crippen LogP contribution < -0.4 is 0 Å². The van der Waals surface area contributed by atoms with Crippen LogP contribution in [0.1, 0.15) is 37.9 Å². The van der Waals surface area contributed by atoms with E-state index in [0.717, 1.165) is 12.2 Å². The normalized spacial score (nSPS) is 20.2. The van der Waals surface area contributed by atoms with Gasteiger partial charge in [0.25, 0.3) is 0 Å². The Morgan fingerprint density at radius 1 is 1.14 bits per heavy atom. The Labute approximate surface area is 219 Å². The summed E-state index contributed by atoms with van der Waals surface area (Å²) >= 11 is 0. The molecule has 0 spiro atoms. The van der Waals surface area contributed by atoms with Crippen LogP contribution in [0.2, 0.25) is 0 Å². The van der Waals surface area contributed by atoms with Gasteiger partial charge in [0.2, 0.25) is 5.91 Å². The van der Waals surface area contributed by atoms with E-state index in [2.05, 4.69) is 77.7 Å². The number of amides is 1. The first-order valence-corrected chi connectivity index (χ1v) is 13.2. The summed E-state index contributed by atoms with van der Waals surface area (Å²) in [7, 11) is 2.10. The number of aromatic nitrogens is 3. The van der Waals surface area contributed by atoms with Crippen LogP contribution in [0.3, 0.4) is 0 Å². The lowest BCUT2D eigenvalue weighted by molar-refractivity contribution is -0.136. The first kappa shape index (κ1) is 27.0. The Kier molecular flexibility index (Phi) is 9.44. The van der Waals surface area contributed by atoms with Crippen molar-refractivity contribution in [1.29, 1.82) is 0 Å². The van der Waals surface area contributed by atoms with Gasteiger partial charge in [-0.1, -0.05) is 66.7 Å². The molecule has 3 atom stereocenters. The van der Waals surface area contributed by atoms with Crippen LogP contribution in [0, 0.1) is 5.92 Å². The van der Waals surface area contributed by atoms with Gasteiger partial charge in [-0.05, 0) is 37.1 Å². The average molecular weight is 506 g/mol. The fourth-order valence-electron chi connectivity index (χ4n) is 4.86. The Bertz CT molecular complexity index is 1120. The summed E-state index contributed by atoms with van der Waals surface area (Å²) in [6.07, 6.45) is 2.72. The number of carbonyl (C=O) groups is 1. The van der Waals surface area contributed by atoms with Crippen LogP contribution in [0.4, 0.5) is 0 Å². The maximum absolute atomic E-state index is 13.0. The molecule has 8 heteroatoms. The van der Waals surface area contributed by atoms with E-state index in [0.29, 0.717) is 39.1 Å². The van der Waals surface area contributed by atoms with Gasteiger partial charge in [0.05, 0.1) is 37.3 Å². The van der Waals surface area contributed by atoms with Crippen molar-refractivity contribution in [2.24, 2.45) is 5.92 Å². The van der Waals surface area contributed by atoms with Crippen molar-refractivity contribution in [3.05, 3.63) is 72.1 Å². The van der Waals surface area contributed by atoms with Crippen molar-refractivity contribution >= 4 is 5.91 Å². The van der Waals surface area contributed by atoms with Crippen molar-refractivity contribution in [3.63, 3.8) is 0 Å². The number of aliphatic hydroxyl groups excluding tert-OH is 1. The standard InChI is InChI=1S/C29H39N5O3/c1-22-17-33(23(2)20-35)29(36)10-7-15-34-27(16-30-31-34)21-37-28(22)19-32(3)18-24-11-13-26(14-12-24)25-8-5-4-6-9-25/h4-6,8-9,11-14,16,22-23,28,35H,7,10,15,17-21H2,1-3H3/t22-,23+,28-/m0/s1. The molecule has 198 valence electrons. The lowest BCUT2D eigenvalue weighted by Crippen LogP contribution is -2.47. The number of rotatable bonds is 7. The van der Waals surface area contributed by atoms with E-state index in [1.807, 2.05) is 22.6 Å². The molecule has 0 aliphatic carbocycles. The SMILES string of the molecule is C[C@H](CO)N1C[C@H](C)[C@H](CN(C)Cc2ccc(-c3ccccc3)cc2)OCc2cnnn2CCCC1=O. The molecule has 3 aromatic rings. The zero-order valence-electron chi connectivity index (χ0n) is 22.2. The minimum Gasteiger partial charge on any atom is -0.394 e. The maximum Gasteiger partial charge on any atom is 0.222 e. The second-order valence-corrected chi connectivity index (χ2v) is 10.2. The molecule has 1 aliphatic rings. The van der Waals surface area contributed by atoms with Gasteiger partial charge in [0, 0.05) is 38.5 Å². The fourth-order valence-corrected chi connectivity index (χ4v) is 4.86. The van der Waals surface area contributed by atoms with Gasteiger partial charge < -0.3 is 14.7 Å². The Balaban J connectivity index is 1.46. The van der Waals surface area contributed by atoms with Gasteiger partial charge in [0.15, 0.2) is 0 Å². The minimum absolute atomic E-state index is 0.0567. The lowest BCUT2D eigenvalue weighted by Gasteiger charge is -2.35. The largest absolute Gasteiger partial charge is 0.394 e. The lowest BCUT2D eigenvalue weighted by atomic mass is 10.0. The average Bonchev–Trinajstić information content (AvgIpc) is 3.36. The first-order chi connectivity index (χ1) is 17.9. The van der Waals surface area contributed by atoms with Gasteiger partial charge in [-0.2, -0.15) is 0 Å². The number of carbonyl (C=O) groups excluding carboxylic acids is 1. The van der Waals surface area contributed by atoms with E-state index in [1.54, 1.807) is 6.20 Å². The number of aliphatic hydroxyl groups is 1. The molecular formula is C29H39N5O3. The maximum atomic E-state index is 13.0. The minimum atomic E-state index is -0.235. The molecule has 2 aromatic carbocycles. The molecule has 1 aromatic heterocycles. The van der Waals surface area contributed by atoms with Crippen molar-refractivity contribution in [2.45, 2.75) is 58.5 Å². The van der Waals surface area contributed by atoms with Crippen LogP contribution in [0.25, 0.3) is 11.1 Å². The summed E-state index contributed by atoms with van der Waals surface area (Å²) in [5.41, 5.74) is 4.57. The van der Waals surface area contributed by atoms with Crippen LogP contribution in [0.15, 0.2) is 60.8 Å². The molecule has 2 heterocycles. The molecule has 4 rings (SSSR count). The molecule has 0 saturated heterocycles. The number of hydrogen-bond donors (Lipinski definition) is 1. The van der Waals surface area contributed by atoms with Gasteiger partial charge >= 0.3 is 0 Å². The molecule has 0 fully saturated rings. The van der Waals surface area contributed by atoms with Crippen LogP contribution in [-0.2, 0) is 29.2 Å². The number of likely N-dealkylation sites (N-methyl/N-ethyl adjacent to an activating group) is 1. The number of benzene rings is 2. The molecule has 1 aliphatic heterocycles. The highest BCUT2D eigenvalue weighted by Gasteiger charge is 2.28. The predicted octanol–water partition coefficient (Wildman–Crippen LogP) is 3.60. The topological polar surface area (TPSA) is 83.7 Å². The van der Waals surface area contributed by atoms with Crippen molar-refractivity contribution in [1.82, 2.24) is 24.8 Å². The summed E-state index contributed by atoms with van der Waals surface area (Å²) in [4.78, 5) is 17.1. The Morgan fingerprint density at radius 3 is 2.59 bits per heavy atom. The third kappa shape index (κ3) is 7.25. The van der Waals surface area contributed by atoms with E-state index < -0.39 is 0 Å². The van der Waals surface area contributed by atoms with E-state index in [1.165, 1.54) is 16.7 Å². The Morgan fingerprint density at radius 2 is 1.86 bits per heavy atom. The highest BCUT2D eigenvalue weighted by Crippen LogP contribution is 2.21. The summed E-state index contributed by atoms with van der Waals surface area (Å²) < 4.78 is 8.28. The number of aryl methyl sites for hydroxylation is 1. The molecular weight excluding hydrogens is 466 g/mol. The van der Waals surface area contributed by atoms with Crippen molar-refractivity contribution < 1.29 is 14.6 Å². The van der Waals surface area contributed by atoms with Crippen molar-refractivity contribution in [2.75, 3.05) is 26.7 Å². The molecule has 0 unspecified atom stereocenters. The first-order valence-electron chi connectivity index (χ1n) is 13.2. The number of hydrogen-bond acceptors (Lipinski definition) is 6. The monoisotopic (exact) mass is 505 g/mol. The fraction of sp³-hybridized carbons (Fsp3) is 0.483. The van der Waals surface area contributed by atoms with Gasteiger partial charge in [-0.3, -0.25) is 9.69 Å². The summed E-state index contributed by atoms with van der Waals surface area (Å²) in [5.74, 6) is 0.130. The smallest absolute Gasteiger partial charge is 0.222 e. The van der Waals surface area contributed by atoms with Gasteiger partial charge in [0.1, 0.15) is 0 Å². The molecule has 0 radical (unpaired) electrons. The Hall–Kier alpha value is -3.07. The number of ether oxygens (including phenoxy) is 1. The van der Waals surface area contributed by atoms with E-state index in [4.69, 9.17) is 4.74 Å². The second-order valence-electron chi connectivity index (χ2n) is 10.2. The molecule has 0 saturated carbocycles. The quantitative estimate of drug-likeness (QED) is 0.528. The highest BCUT2D eigenvalue weighted by molar-refractivity contribution is 5.76. The van der Waals surface area contributed by atoms with Crippen LogP contribution in [-0.4, -0.2) is 74.7 Å². The van der Waals surface area contributed by atoms with Gasteiger partial charge in [-0.25, -0.2) is 4.68 Å². The number of fused-ring (bicyclic) bond motifs is 1. The third-order valence-electron chi connectivity index (χ3n) is 7.14. The summed E-state index contributed by atoms with van der Waals surface area (Å²) in [6, 6.07) is 18.8. The van der Waals surface area contributed by atoms with E-state index in [9.17, 15) is 9.90 Å². The van der Waals surface area contributed by atoms with Gasteiger partial charge in [-0.15, -0.1) is 5.10 Å². The summed E-state index contributed by atoms with van der Waals surface area (Å²) in [6.45, 7) is 7.04. The molecule has 0 bridgehead atoms. The van der Waals surface area contributed by atoms with Crippen LogP contribution >= 0.6 is 0 Å². The number of nitrogens with zero attached hydrogens (tertiary/aromatic N) is 5. The summed E-state index contributed by atoms with van der Waals surface area (Å²) in [5, 5.41) is 18.0. The predicted molar refractivity (Wildman–Crippen MR) is 143 cm³/mol. The molecule has 1 N–H and O–H groups in total. The molecule has 1 amide bonds. The zero-order valence-corrected chi connectivity index (χ0v) is 22.2. The highest BCUT2D eigenvalue weighted by atomic mass is 16.5. The van der Waals surface area contributed by atoms with Crippen LogP contribution in [0.5, 0.6) is 0 Å². The molecule has 37 heavy (non-hydrogen) atoms. The van der Waals surface area contributed by atoms with E-state index in [-0.39, 0.29) is 30.6 Å². The third-order valence-corrected chi connectivity index (χ3v) is 7.14.